The molecule has 0 fully saturated rings. The van der Waals surface area contributed by atoms with Crippen molar-refractivity contribution < 1.29 is 13.3 Å². The van der Waals surface area contributed by atoms with Gasteiger partial charge in [-0.1, -0.05) is 29.5 Å². The molecule has 3 aromatic rings. The van der Waals surface area contributed by atoms with Crippen LogP contribution in [0.25, 0.3) is 10.2 Å². The van der Waals surface area contributed by atoms with Gasteiger partial charge in [-0.15, -0.1) is 4.83 Å². The second-order valence-electron chi connectivity index (χ2n) is 4.47. The number of nitrogens with zero attached hydrogens (tertiary/aromatic N) is 2. The van der Waals surface area contributed by atoms with Gasteiger partial charge in [-0.25, -0.2) is 13.4 Å². The summed E-state index contributed by atoms with van der Waals surface area (Å²) < 4.78 is 25.3. The second kappa shape index (κ2) is 5.91. The summed E-state index contributed by atoms with van der Waals surface area (Å²) in [4.78, 5) is 16.3. The predicted molar refractivity (Wildman–Crippen MR) is 86.7 cm³/mol. The van der Waals surface area contributed by atoms with Crippen LogP contribution in [0.4, 0.5) is 10.8 Å². The number of thiazole rings is 1. The van der Waals surface area contributed by atoms with Crippen LogP contribution in [0.1, 0.15) is 0 Å². The summed E-state index contributed by atoms with van der Waals surface area (Å²) in [7, 11) is -3.95. The Labute approximate surface area is 135 Å². The summed E-state index contributed by atoms with van der Waals surface area (Å²) in [5.41, 5.74) is 2.97. The SMILES string of the molecule is O=[N+]([O-])c1cccc(S(=O)(=O)NNc2nc3ccccc3s2)c1. The van der Waals surface area contributed by atoms with E-state index in [4.69, 9.17) is 0 Å². The molecule has 1 aromatic heterocycles. The molecule has 2 aromatic carbocycles. The van der Waals surface area contributed by atoms with E-state index < -0.39 is 14.9 Å². The molecule has 1 heterocycles. The highest BCUT2D eigenvalue weighted by Gasteiger charge is 2.18. The lowest BCUT2D eigenvalue weighted by Gasteiger charge is -2.06. The average Bonchev–Trinajstić information content (AvgIpc) is 2.96. The van der Waals surface area contributed by atoms with Crippen LogP contribution in [-0.2, 0) is 10.0 Å². The number of hydrazine groups is 1. The topological polar surface area (TPSA) is 114 Å². The van der Waals surface area contributed by atoms with Crippen molar-refractivity contribution in [2.75, 3.05) is 5.43 Å². The molecule has 3 rings (SSSR count). The third-order valence-corrected chi connectivity index (χ3v) is 5.12. The van der Waals surface area contributed by atoms with Crippen LogP contribution in [0.15, 0.2) is 53.4 Å². The Balaban J connectivity index is 1.81. The Kier molecular flexibility index (Phi) is 3.94. The van der Waals surface area contributed by atoms with E-state index in [0.29, 0.717) is 5.13 Å². The van der Waals surface area contributed by atoms with Gasteiger partial charge in [0.2, 0.25) is 0 Å². The fraction of sp³-hybridized carbons (Fsp3) is 0. The van der Waals surface area contributed by atoms with Crippen LogP contribution in [0, 0.1) is 10.1 Å². The molecule has 0 bridgehead atoms. The Morgan fingerprint density at radius 3 is 2.65 bits per heavy atom. The lowest BCUT2D eigenvalue weighted by molar-refractivity contribution is -0.385. The molecule has 0 spiro atoms. The third-order valence-electron chi connectivity index (χ3n) is 2.92. The quantitative estimate of drug-likeness (QED) is 0.540. The van der Waals surface area contributed by atoms with Gasteiger partial charge >= 0.3 is 0 Å². The largest absolute Gasteiger partial charge is 0.283 e. The maximum absolute atomic E-state index is 12.2. The molecule has 2 N–H and O–H groups in total. The van der Waals surface area contributed by atoms with Crippen molar-refractivity contribution in [2.24, 2.45) is 0 Å². The number of nitrogens with one attached hydrogen (secondary N) is 2. The van der Waals surface area contributed by atoms with Crippen molar-refractivity contribution in [3.05, 3.63) is 58.6 Å². The van der Waals surface area contributed by atoms with Crippen molar-refractivity contribution in [3.63, 3.8) is 0 Å². The third kappa shape index (κ3) is 3.28. The number of nitro benzene ring substituents is 1. The zero-order valence-corrected chi connectivity index (χ0v) is 13.1. The van der Waals surface area contributed by atoms with Crippen LogP contribution < -0.4 is 10.3 Å². The fourth-order valence-electron chi connectivity index (χ4n) is 1.86. The number of aromatic nitrogens is 1. The summed E-state index contributed by atoms with van der Waals surface area (Å²) in [6.07, 6.45) is 0. The first-order valence-electron chi connectivity index (χ1n) is 6.33. The van der Waals surface area contributed by atoms with E-state index in [-0.39, 0.29) is 10.6 Å². The number of rotatable bonds is 5. The maximum atomic E-state index is 12.2. The Bertz CT molecular complexity index is 951. The van der Waals surface area contributed by atoms with Crippen LogP contribution in [-0.4, -0.2) is 18.3 Å². The highest BCUT2D eigenvalue weighted by molar-refractivity contribution is 7.89. The summed E-state index contributed by atoms with van der Waals surface area (Å²) >= 11 is 1.28. The lowest BCUT2D eigenvalue weighted by atomic mass is 10.3. The second-order valence-corrected chi connectivity index (χ2v) is 7.18. The first-order chi connectivity index (χ1) is 11.0. The summed E-state index contributed by atoms with van der Waals surface area (Å²) in [6, 6.07) is 12.2. The predicted octanol–water partition coefficient (Wildman–Crippen LogP) is 2.51. The average molecular weight is 350 g/mol. The van der Waals surface area contributed by atoms with E-state index in [2.05, 4.69) is 15.2 Å². The number of anilines is 1. The maximum Gasteiger partial charge on any atom is 0.270 e. The molecule has 0 radical (unpaired) electrons. The molecule has 0 aliphatic carbocycles. The molecule has 10 heteroatoms. The van der Waals surface area contributed by atoms with Gasteiger partial charge in [-0.05, 0) is 18.2 Å². The monoisotopic (exact) mass is 350 g/mol. The Morgan fingerprint density at radius 1 is 1.13 bits per heavy atom. The van der Waals surface area contributed by atoms with Crippen molar-refractivity contribution in [1.82, 2.24) is 9.82 Å². The van der Waals surface area contributed by atoms with Crippen molar-refractivity contribution in [1.29, 1.82) is 0 Å². The molecule has 0 atom stereocenters. The molecule has 0 unspecified atom stereocenters. The molecular formula is C13H10N4O4S2. The van der Waals surface area contributed by atoms with Gasteiger partial charge < -0.3 is 0 Å². The van der Waals surface area contributed by atoms with Gasteiger partial charge in [0.15, 0.2) is 5.13 Å². The van der Waals surface area contributed by atoms with Crippen molar-refractivity contribution >= 4 is 42.4 Å². The van der Waals surface area contributed by atoms with E-state index >= 15 is 0 Å². The molecule has 0 aliphatic heterocycles. The molecule has 23 heavy (non-hydrogen) atoms. The number of sulfonamides is 1. The van der Waals surface area contributed by atoms with Gasteiger partial charge in [0.1, 0.15) is 0 Å². The van der Waals surface area contributed by atoms with E-state index in [1.165, 1.54) is 29.5 Å². The molecule has 0 saturated carbocycles. The van der Waals surface area contributed by atoms with Gasteiger partial charge in [0.05, 0.1) is 20.0 Å². The number of non-ortho nitro benzene ring substituents is 1. The highest BCUT2D eigenvalue weighted by atomic mass is 32.2. The van der Waals surface area contributed by atoms with Gasteiger partial charge in [-0.3, -0.25) is 15.5 Å². The zero-order chi connectivity index (χ0) is 16.4. The van der Waals surface area contributed by atoms with Gasteiger partial charge in [0, 0.05) is 12.1 Å². The number of nitro groups is 1. The first kappa shape index (κ1) is 15.3. The number of hydrogen-bond donors (Lipinski definition) is 2. The summed E-state index contributed by atoms with van der Waals surface area (Å²) in [5.74, 6) is 0. The van der Waals surface area contributed by atoms with Crippen LogP contribution in [0.5, 0.6) is 0 Å². The van der Waals surface area contributed by atoms with Crippen molar-refractivity contribution in [3.8, 4) is 0 Å². The fourth-order valence-corrected chi connectivity index (χ4v) is 3.63. The van der Waals surface area contributed by atoms with Crippen LogP contribution in [0.2, 0.25) is 0 Å². The number of para-hydroxylation sites is 1. The molecule has 118 valence electrons. The summed E-state index contributed by atoms with van der Waals surface area (Å²) in [5, 5.41) is 11.1. The Hall–Kier alpha value is -2.56. The first-order valence-corrected chi connectivity index (χ1v) is 8.63. The van der Waals surface area contributed by atoms with Crippen LogP contribution >= 0.6 is 11.3 Å². The number of hydrogen-bond acceptors (Lipinski definition) is 7. The zero-order valence-electron chi connectivity index (χ0n) is 11.5. The molecule has 8 nitrogen and oxygen atoms in total. The van der Waals surface area contributed by atoms with Gasteiger partial charge in [-0.2, -0.15) is 0 Å². The highest BCUT2D eigenvalue weighted by Crippen LogP contribution is 2.25. The summed E-state index contributed by atoms with van der Waals surface area (Å²) in [6.45, 7) is 0. The minimum absolute atomic E-state index is 0.208. The minimum Gasteiger partial charge on any atom is -0.283 e. The van der Waals surface area contributed by atoms with E-state index in [1.807, 2.05) is 24.3 Å². The molecule has 0 saturated heterocycles. The lowest BCUT2D eigenvalue weighted by Crippen LogP contribution is -2.29. The van der Waals surface area contributed by atoms with E-state index in [9.17, 15) is 18.5 Å². The standard InChI is InChI=1S/C13H10N4O4S2/c18-17(19)9-4-3-5-10(8-9)23(20,21)16-15-13-14-11-6-1-2-7-12(11)22-13/h1-8,16H,(H,14,15). The smallest absolute Gasteiger partial charge is 0.270 e. The van der Waals surface area contributed by atoms with E-state index in [0.717, 1.165) is 16.3 Å². The number of benzene rings is 2. The van der Waals surface area contributed by atoms with Gasteiger partial charge in [0.25, 0.3) is 15.7 Å². The molecule has 0 aliphatic rings. The normalized spacial score (nSPS) is 11.5. The van der Waals surface area contributed by atoms with E-state index in [1.54, 1.807) is 0 Å². The van der Waals surface area contributed by atoms with Crippen LogP contribution in [0.3, 0.4) is 0 Å². The molecular weight excluding hydrogens is 340 g/mol. The van der Waals surface area contributed by atoms with Crippen molar-refractivity contribution in [2.45, 2.75) is 4.90 Å². The Morgan fingerprint density at radius 2 is 1.91 bits per heavy atom. The minimum atomic E-state index is -3.95. The molecule has 0 amide bonds. The number of fused-ring (bicyclic) bond motifs is 1.